The van der Waals surface area contributed by atoms with Crippen molar-refractivity contribution < 1.29 is 18.9 Å². The molecule has 0 aromatic heterocycles. The number of benzene rings is 1. The normalized spacial score (nSPS) is 23.1. The van der Waals surface area contributed by atoms with Gasteiger partial charge in [-0.1, -0.05) is 26.0 Å². The lowest BCUT2D eigenvalue weighted by atomic mass is 9.90. The van der Waals surface area contributed by atoms with Gasteiger partial charge < -0.3 is 10.0 Å². The van der Waals surface area contributed by atoms with Crippen LogP contribution in [-0.4, -0.2) is 44.9 Å². The number of hydrogen-bond acceptors (Lipinski definition) is 3. The van der Waals surface area contributed by atoms with Crippen molar-refractivity contribution in [2.24, 2.45) is 11.8 Å². The van der Waals surface area contributed by atoms with Crippen LogP contribution in [0.4, 0.5) is 0 Å². The molecule has 1 N–H and O–H groups in total. The van der Waals surface area contributed by atoms with Crippen LogP contribution in [0, 0.1) is 11.8 Å². The summed E-state index contributed by atoms with van der Waals surface area (Å²) in [6.07, 6.45) is 0.585. The lowest BCUT2D eigenvalue weighted by molar-refractivity contribution is -0.143. The standard InChI is InChI=1S/C16H21NO4S/c1-3-22(21)14-7-5-4-6-13(14)15(18)17-9-11(2)8-12(10-17)16(19)20/h4-7,11-12H,3,8-10H2,1-2H3,(H,19,20). The lowest BCUT2D eigenvalue weighted by Gasteiger charge is -2.35. The number of rotatable bonds is 4. The summed E-state index contributed by atoms with van der Waals surface area (Å²) in [5.74, 6) is -1.04. The van der Waals surface area contributed by atoms with Crippen LogP contribution in [0.2, 0.25) is 0 Å². The van der Waals surface area contributed by atoms with E-state index in [0.717, 1.165) is 0 Å². The predicted octanol–water partition coefficient (Wildman–Crippen LogP) is 2.00. The molecule has 0 aliphatic carbocycles. The molecule has 1 heterocycles. The van der Waals surface area contributed by atoms with Gasteiger partial charge in [-0.25, -0.2) is 0 Å². The zero-order valence-electron chi connectivity index (χ0n) is 12.8. The van der Waals surface area contributed by atoms with E-state index in [1.54, 1.807) is 36.1 Å². The monoisotopic (exact) mass is 323 g/mol. The van der Waals surface area contributed by atoms with Gasteiger partial charge in [-0.15, -0.1) is 0 Å². The van der Waals surface area contributed by atoms with Crippen molar-refractivity contribution in [1.82, 2.24) is 4.90 Å². The second-order valence-corrected chi connectivity index (χ2v) is 7.42. The first-order chi connectivity index (χ1) is 10.4. The molecule has 1 fully saturated rings. The second-order valence-electron chi connectivity index (χ2n) is 5.72. The molecule has 6 heteroatoms. The zero-order chi connectivity index (χ0) is 16.3. The number of piperidine rings is 1. The van der Waals surface area contributed by atoms with Crippen molar-refractivity contribution in [3.63, 3.8) is 0 Å². The smallest absolute Gasteiger partial charge is 0.308 e. The van der Waals surface area contributed by atoms with Crippen LogP contribution in [0.25, 0.3) is 0 Å². The fraction of sp³-hybridized carbons (Fsp3) is 0.500. The van der Waals surface area contributed by atoms with Crippen LogP contribution in [0.1, 0.15) is 30.6 Å². The van der Waals surface area contributed by atoms with Gasteiger partial charge in [0.05, 0.1) is 27.2 Å². The number of likely N-dealkylation sites (tertiary alicyclic amines) is 1. The van der Waals surface area contributed by atoms with Gasteiger partial charge in [0.25, 0.3) is 5.91 Å². The molecule has 1 saturated heterocycles. The number of amides is 1. The van der Waals surface area contributed by atoms with E-state index >= 15 is 0 Å². The zero-order valence-corrected chi connectivity index (χ0v) is 13.6. The Hall–Kier alpha value is -1.69. The summed E-state index contributed by atoms with van der Waals surface area (Å²) in [6.45, 7) is 4.51. The molecule has 1 amide bonds. The fourth-order valence-electron chi connectivity index (χ4n) is 2.86. The summed E-state index contributed by atoms with van der Waals surface area (Å²) in [5.41, 5.74) is 0.418. The first-order valence-corrected chi connectivity index (χ1v) is 8.75. The summed E-state index contributed by atoms with van der Waals surface area (Å²) in [7, 11) is -1.22. The van der Waals surface area contributed by atoms with E-state index in [4.69, 9.17) is 0 Å². The van der Waals surface area contributed by atoms with Crippen LogP contribution < -0.4 is 0 Å². The highest BCUT2D eigenvalue weighted by atomic mass is 32.2. The minimum absolute atomic E-state index is 0.141. The largest absolute Gasteiger partial charge is 0.481 e. The van der Waals surface area contributed by atoms with Crippen LogP contribution in [-0.2, 0) is 15.6 Å². The van der Waals surface area contributed by atoms with Gasteiger partial charge in [-0.3, -0.25) is 13.8 Å². The molecular formula is C16H21NO4S. The molecule has 22 heavy (non-hydrogen) atoms. The minimum atomic E-state index is -1.22. The van der Waals surface area contributed by atoms with E-state index in [1.165, 1.54) is 0 Å². The number of carboxylic acids is 1. The van der Waals surface area contributed by atoms with E-state index < -0.39 is 22.7 Å². The van der Waals surface area contributed by atoms with Gasteiger partial charge >= 0.3 is 5.97 Å². The third-order valence-electron chi connectivity index (χ3n) is 3.92. The van der Waals surface area contributed by atoms with E-state index in [0.29, 0.717) is 29.2 Å². The minimum Gasteiger partial charge on any atom is -0.481 e. The molecule has 3 unspecified atom stereocenters. The van der Waals surface area contributed by atoms with Gasteiger partial charge in [0.15, 0.2) is 0 Å². The van der Waals surface area contributed by atoms with E-state index in [2.05, 4.69) is 0 Å². The van der Waals surface area contributed by atoms with Crippen molar-refractivity contribution in [3.05, 3.63) is 29.8 Å². The fourth-order valence-corrected chi connectivity index (χ4v) is 3.81. The summed E-state index contributed by atoms with van der Waals surface area (Å²) in [5, 5.41) is 9.22. The number of nitrogens with zero attached hydrogens (tertiary/aromatic N) is 1. The van der Waals surface area contributed by atoms with Crippen molar-refractivity contribution in [3.8, 4) is 0 Å². The first kappa shape index (κ1) is 16.7. The third kappa shape index (κ3) is 3.55. The van der Waals surface area contributed by atoms with E-state index in [-0.39, 0.29) is 18.4 Å². The topological polar surface area (TPSA) is 74.7 Å². The average Bonchev–Trinajstić information content (AvgIpc) is 2.52. The second kappa shape index (κ2) is 7.05. The Bertz CT molecular complexity index is 602. The van der Waals surface area contributed by atoms with E-state index in [9.17, 15) is 18.9 Å². The number of hydrogen-bond donors (Lipinski definition) is 1. The summed E-state index contributed by atoms with van der Waals surface area (Å²) in [6, 6.07) is 6.87. The number of carbonyl (C=O) groups is 2. The quantitative estimate of drug-likeness (QED) is 0.919. The van der Waals surface area contributed by atoms with Gasteiger partial charge in [0.1, 0.15) is 0 Å². The summed E-state index contributed by atoms with van der Waals surface area (Å²) < 4.78 is 12.1. The van der Waals surface area contributed by atoms with Crippen molar-refractivity contribution in [2.75, 3.05) is 18.8 Å². The molecule has 1 aromatic carbocycles. The van der Waals surface area contributed by atoms with Gasteiger partial charge in [-0.2, -0.15) is 0 Å². The molecule has 1 aliphatic heterocycles. The van der Waals surface area contributed by atoms with Crippen LogP contribution in [0.5, 0.6) is 0 Å². The third-order valence-corrected chi connectivity index (χ3v) is 5.29. The molecule has 2 rings (SSSR count). The van der Waals surface area contributed by atoms with Crippen LogP contribution >= 0.6 is 0 Å². The van der Waals surface area contributed by atoms with Crippen LogP contribution in [0.3, 0.4) is 0 Å². The molecule has 0 radical (unpaired) electrons. The molecule has 0 saturated carbocycles. The van der Waals surface area contributed by atoms with Crippen LogP contribution in [0.15, 0.2) is 29.2 Å². The Morgan fingerprint density at radius 3 is 2.64 bits per heavy atom. The molecule has 0 spiro atoms. The predicted molar refractivity (Wildman–Crippen MR) is 84.2 cm³/mol. The molecule has 5 nitrogen and oxygen atoms in total. The molecule has 0 bridgehead atoms. The maximum Gasteiger partial charge on any atom is 0.308 e. The summed E-state index contributed by atoms with van der Waals surface area (Å²) >= 11 is 0. The Labute approximate surface area is 132 Å². The molecular weight excluding hydrogens is 302 g/mol. The SMILES string of the molecule is CCS(=O)c1ccccc1C(=O)N1CC(C)CC(C(=O)O)C1. The number of aliphatic carboxylic acids is 1. The molecule has 120 valence electrons. The Balaban J connectivity index is 2.28. The highest BCUT2D eigenvalue weighted by molar-refractivity contribution is 7.85. The van der Waals surface area contributed by atoms with Crippen molar-refractivity contribution in [1.29, 1.82) is 0 Å². The first-order valence-electron chi connectivity index (χ1n) is 7.43. The van der Waals surface area contributed by atoms with Gasteiger partial charge in [-0.05, 0) is 24.5 Å². The molecule has 3 atom stereocenters. The summed E-state index contributed by atoms with van der Waals surface area (Å²) in [4.78, 5) is 26.1. The number of carbonyl (C=O) groups excluding carboxylic acids is 1. The maximum absolute atomic E-state index is 12.8. The van der Waals surface area contributed by atoms with Crippen molar-refractivity contribution >= 4 is 22.7 Å². The average molecular weight is 323 g/mol. The lowest BCUT2D eigenvalue weighted by Crippen LogP contribution is -2.45. The van der Waals surface area contributed by atoms with Gasteiger partial charge in [0.2, 0.25) is 0 Å². The Kier molecular flexibility index (Phi) is 5.34. The Morgan fingerprint density at radius 1 is 1.32 bits per heavy atom. The Morgan fingerprint density at radius 2 is 2.00 bits per heavy atom. The molecule has 1 aliphatic rings. The van der Waals surface area contributed by atoms with E-state index in [1.807, 2.05) is 6.92 Å². The van der Waals surface area contributed by atoms with Crippen molar-refractivity contribution in [2.45, 2.75) is 25.2 Å². The van der Waals surface area contributed by atoms with Gasteiger partial charge in [0, 0.05) is 18.8 Å². The maximum atomic E-state index is 12.8. The highest BCUT2D eigenvalue weighted by Gasteiger charge is 2.33. The highest BCUT2D eigenvalue weighted by Crippen LogP contribution is 2.25. The molecule has 1 aromatic rings. The number of carboxylic acid groups (broad SMARTS) is 1.